The van der Waals surface area contributed by atoms with Crippen molar-refractivity contribution in [3.05, 3.63) is 33.8 Å². The number of carbonyl (C=O) groups excluding carboxylic acids is 1. The van der Waals surface area contributed by atoms with Gasteiger partial charge in [-0.2, -0.15) is 0 Å². The zero-order chi connectivity index (χ0) is 16.3. The lowest BCUT2D eigenvalue weighted by Gasteiger charge is -2.15. The minimum absolute atomic E-state index is 0.0825. The largest absolute Gasteiger partial charge is 0.300 e. The van der Waals surface area contributed by atoms with Crippen molar-refractivity contribution in [2.45, 2.75) is 30.9 Å². The van der Waals surface area contributed by atoms with E-state index in [0.29, 0.717) is 20.9 Å². The first kappa shape index (κ1) is 17.5. The van der Waals surface area contributed by atoms with Gasteiger partial charge in [0.25, 0.3) is 0 Å². The molecule has 0 unspecified atom stereocenters. The van der Waals surface area contributed by atoms with E-state index in [1.807, 2.05) is 26.8 Å². The number of nitrogens with one attached hydrogen (secondary N) is 1. The second-order valence-electron chi connectivity index (χ2n) is 5.60. The molecular weight excluding hydrogens is 361 g/mol. The van der Waals surface area contributed by atoms with Gasteiger partial charge in [-0.05, 0) is 17.7 Å². The number of hydrogen-bond donors (Lipinski definition) is 1. The van der Waals surface area contributed by atoms with Gasteiger partial charge in [0.2, 0.25) is 11.0 Å². The minimum atomic E-state index is -0.462. The molecule has 0 aliphatic rings. The average Bonchev–Trinajstić information content (AvgIpc) is 2.84. The van der Waals surface area contributed by atoms with Crippen LogP contribution in [0.4, 0.5) is 5.13 Å². The van der Waals surface area contributed by atoms with Crippen LogP contribution in [0.1, 0.15) is 26.3 Å². The molecule has 118 valence electrons. The topological polar surface area (TPSA) is 54.9 Å². The fraction of sp³-hybridized carbons (Fsp3) is 0.357. The molecular formula is C14H15Cl2N3OS2. The van der Waals surface area contributed by atoms with Crippen molar-refractivity contribution in [2.24, 2.45) is 5.41 Å². The summed E-state index contributed by atoms with van der Waals surface area (Å²) < 4.78 is 0.773. The Hall–Kier alpha value is -0.820. The maximum Gasteiger partial charge on any atom is 0.231 e. The van der Waals surface area contributed by atoms with Crippen molar-refractivity contribution in [3.8, 4) is 0 Å². The molecule has 2 rings (SSSR count). The van der Waals surface area contributed by atoms with Crippen LogP contribution in [0.3, 0.4) is 0 Å². The Labute approximate surface area is 147 Å². The molecule has 0 saturated heterocycles. The Morgan fingerprint density at radius 3 is 2.68 bits per heavy atom. The molecule has 0 bridgehead atoms. The summed E-state index contributed by atoms with van der Waals surface area (Å²) in [5.74, 6) is 0.582. The number of benzene rings is 1. The Morgan fingerprint density at radius 1 is 1.32 bits per heavy atom. The van der Waals surface area contributed by atoms with Crippen molar-refractivity contribution >= 4 is 57.3 Å². The average molecular weight is 376 g/mol. The van der Waals surface area contributed by atoms with E-state index in [0.717, 1.165) is 9.90 Å². The van der Waals surface area contributed by atoms with Crippen LogP contribution in [-0.4, -0.2) is 16.1 Å². The second kappa shape index (κ2) is 7.17. The van der Waals surface area contributed by atoms with Crippen LogP contribution >= 0.6 is 46.3 Å². The molecule has 1 aromatic heterocycles. The van der Waals surface area contributed by atoms with Gasteiger partial charge in [-0.1, -0.05) is 73.1 Å². The van der Waals surface area contributed by atoms with Gasteiger partial charge in [0.15, 0.2) is 4.34 Å². The number of rotatable bonds is 4. The summed E-state index contributed by atoms with van der Waals surface area (Å²) in [5, 5.41) is 12.6. The van der Waals surface area contributed by atoms with Crippen LogP contribution in [-0.2, 0) is 10.5 Å². The van der Waals surface area contributed by atoms with Crippen LogP contribution in [0.25, 0.3) is 0 Å². The summed E-state index contributed by atoms with van der Waals surface area (Å²) in [6, 6.07) is 5.41. The van der Waals surface area contributed by atoms with E-state index in [4.69, 9.17) is 23.2 Å². The highest BCUT2D eigenvalue weighted by atomic mass is 35.5. The number of thioether (sulfide) groups is 1. The molecule has 1 heterocycles. The highest BCUT2D eigenvalue weighted by Crippen LogP contribution is 2.32. The van der Waals surface area contributed by atoms with Crippen molar-refractivity contribution in [1.29, 1.82) is 0 Å². The summed E-state index contributed by atoms with van der Waals surface area (Å²) in [4.78, 5) is 11.9. The van der Waals surface area contributed by atoms with Gasteiger partial charge in [0, 0.05) is 21.2 Å². The monoisotopic (exact) mass is 375 g/mol. The van der Waals surface area contributed by atoms with Crippen LogP contribution in [0.2, 0.25) is 10.0 Å². The third-order valence-electron chi connectivity index (χ3n) is 2.67. The molecule has 0 fully saturated rings. The first-order valence-corrected chi connectivity index (χ1v) is 9.03. The lowest BCUT2D eigenvalue weighted by Crippen LogP contribution is -2.27. The lowest BCUT2D eigenvalue weighted by atomic mass is 9.96. The zero-order valence-electron chi connectivity index (χ0n) is 12.3. The molecule has 0 aliphatic heterocycles. The predicted molar refractivity (Wildman–Crippen MR) is 94.0 cm³/mol. The third-order valence-corrected chi connectivity index (χ3v) is 5.28. The number of carbonyl (C=O) groups is 1. The van der Waals surface area contributed by atoms with E-state index < -0.39 is 5.41 Å². The Kier molecular flexibility index (Phi) is 5.71. The Morgan fingerprint density at radius 2 is 2.05 bits per heavy atom. The van der Waals surface area contributed by atoms with Gasteiger partial charge in [-0.3, -0.25) is 4.79 Å². The molecule has 1 N–H and O–H groups in total. The van der Waals surface area contributed by atoms with Gasteiger partial charge in [0.1, 0.15) is 0 Å². The molecule has 0 spiro atoms. The Bertz CT molecular complexity index is 683. The number of halogens is 2. The van der Waals surface area contributed by atoms with E-state index in [9.17, 15) is 4.79 Å². The number of hydrogen-bond acceptors (Lipinski definition) is 5. The Balaban J connectivity index is 1.96. The zero-order valence-corrected chi connectivity index (χ0v) is 15.5. The number of amides is 1. The predicted octanol–water partition coefficient (Wildman–Crippen LogP) is 5.12. The second-order valence-corrected chi connectivity index (χ2v) is 8.65. The molecule has 2 aromatic rings. The summed E-state index contributed by atoms with van der Waals surface area (Å²) in [5.41, 5.74) is 0.516. The maximum absolute atomic E-state index is 11.9. The van der Waals surface area contributed by atoms with Crippen LogP contribution in [0, 0.1) is 5.41 Å². The van der Waals surface area contributed by atoms with Crippen LogP contribution in [0.5, 0.6) is 0 Å². The molecule has 0 atom stereocenters. The van der Waals surface area contributed by atoms with E-state index in [-0.39, 0.29) is 5.91 Å². The summed E-state index contributed by atoms with van der Waals surface area (Å²) in [7, 11) is 0. The van der Waals surface area contributed by atoms with Crippen LogP contribution < -0.4 is 5.32 Å². The van der Waals surface area contributed by atoms with Crippen molar-refractivity contribution in [3.63, 3.8) is 0 Å². The molecule has 1 amide bonds. The van der Waals surface area contributed by atoms with Gasteiger partial charge < -0.3 is 5.32 Å². The number of nitrogens with zero attached hydrogens (tertiary/aromatic N) is 2. The first-order valence-electron chi connectivity index (χ1n) is 6.47. The molecule has 0 saturated carbocycles. The van der Waals surface area contributed by atoms with Crippen LogP contribution in [0.15, 0.2) is 22.5 Å². The van der Waals surface area contributed by atoms with E-state index in [1.54, 1.807) is 12.1 Å². The molecule has 22 heavy (non-hydrogen) atoms. The van der Waals surface area contributed by atoms with Gasteiger partial charge in [0.05, 0.1) is 0 Å². The standard InChI is InChI=1S/C14H15Cl2N3OS2/c1-14(2,3)11(20)17-12-18-19-13(22-12)21-7-8-4-5-9(15)6-10(8)16/h4-6H,7H2,1-3H3,(H,17,18,20). The molecule has 4 nitrogen and oxygen atoms in total. The first-order chi connectivity index (χ1) is 10.3. The van der Waals surface area contributed by atoms with E-state index in [2.05, 4.69) is 15.5 Å². The SMILES string of the molecule is CC(C)(C)C(=O)Nc1nnc(SCc2ccc(Cl)cc2Cl)s1. The maximum atomic E-state index is 11.9. The van der Waals surface area contributed by atoms with Crippen molar-refractivity contribution < 1.29 is 4.79 Å². The van der Waals surface area contributed by atoms with Gasteiger partial charge >= 0.3 is 0 Å². The fourth-order valence-corrected chi connectivity index (χ4v) is 3.69. The van der Waals surface area contributed by atoms with Crippen molar-refractivity contribution in [2.75, 3.05) is 5.32 Å². The normalized spacial score (nSPS) is 11.5. The van der Waals surface area contributed by atoms with Gasteiger partial charge in [-0.15, -0.1) is 10.2 Å². The molecule has 0 aliphatic carbocycles. The number of anilines is 1. The smallest absolute Gasteiger partial charge is 0.231 e. The molecule has 0 radical (unpaired) electrons. The van der Waals surface area contributed by atoms with Gasteiger partial charge in [-0.25, -0.2) is 0 Å². The summed E-state index contributed by atoms with van der Waals surface area (Å²) >= 11 is 14.9. The highest BCUT2D eigenvalue weighted by Gasteiger charge is 2.22. The highest BCUT2D eigenvalue weighted by molar-refractivity contribution is 8.00. The molecule has 1 aromatic carbocycles. The fourth-order valence-electron chi connectivity index (χ4n) is 1.38. The summed E-state index contributed by atoms with van der Waals surface area (Å²) in [6.45, 7) is 5.55. The summed E-state index contributed by atoms with van der Waals surface area (Å²) in [6.07, 6.45) is 0. The molecule has 8 heteroatoms. The van der Waals surface area contributed by atoms with E-state index >= 15 is 0 Å². The van der Waals surface area contributed by atoms with E-state index in [1.165, 1.54) is 23.1 Å². The van der Waals surface area contributed by atoms with Crippen molar-refractivity contribution in [1.82, 2.24) is 10.2 Å². The minimum Gasteiger partial charge on any atom is -0.300 e. The quantitative estimate of drug-likeness (QED) is 0.594. The third kappa shape index (κ3) is 4.84. The number of aromatic nitrogens is 2. The lowest BCUT2D eigenvalue weighted by molar-refractivity contribution is -0.123.